The van der Waals surface area contributed by atoms with E-state index in [0.29, 0.717) is 0 Å². The molecule has 0 bridgehead atoms. The summed E-state index contributed by atoms with van der Waals surface area (Å²) in [4.78, 5) is 0. The Hall–Kier alpha value is -2.22. The Kier molecular flexibility index (Phi) is 11.4. The summed E-state index contributed by atoms with van der Waals surface area (Å²) in [5.74, 6) is 1.71. The number of benzene rings is 2. The molecule has 178 valence electrons. The van der Waals surface area contributed by atoms with Gasteiger partial charge in [0.1, 0.15) is 0 Å². The van der Waals surface area contributed by atoms with Gasteiger partial charge in [0.05, 0.1) is 12.4 Å². The first-order valence-corrected chi connectivity index (χ1v) is 13.5. The van der Waals surface area contributed by atoms with Crippen LogP contribution < -0.4 is 0 Å². The third-order valence-electron chi connectivity index (χ3n) is 7.25. The van der Waals surface area contributed by atoms with Crippen molar-refractivity contribution in [2.24, 2.45) is 16.1 Å². The maximum atomic E-state index is 4.25. The quantitative estimate of drug-likeness (QED) is 0.167. The molecule has 1 fully saturated rings. The fourth-order valence-electron chi connectivity index (χ4n) is 5.03. The number of hydrogen-bond donors (Lipinski definition) is 0. The van der Waals surface area contributed by atoms with Gasteiger partial charge in [0.2, 0.25) is 0 Å². The van der Waals surface area contributed by atoms with Crippen LogP contribution in [0.25, 0.3) is 0 Å². The van der Waals surface area contributed by atoms with E-state index in [1.807, 2.05) is 12.4 Å². The lowest BCUT2D eigenvalue weighted by Gasteiger charge is -2.29. The van der Waals surface area contributed by atoms with Crippen LogP contribution in [0.1, 0.15) is 119 Å². The van der Waals surface area contributed by atoms with Crippen LogP contribution in [-0.4, -0.2) is 12.4 Å². The lowest BCUT2D eigenvalue weighted by atomic mass is 9.77. The van der Waals surface area contributed by atoms with E-state index in [1.54, 1.807) is 0 Å². The van der Waals surface area contributed by atoms with Gasteiger partial charge < -0.3 is 0 Å². The van der Waals surface area contributed by atoms with Crippen molar-refractivity contribution in [3.8, 4) is 0 Å². The highest BCUT2D eigenvalue weighted by molar-refractivity contribution is 5.82. The lowest BCUT2D eigenvalue weighted by Crippen LogP contribution is -2.13. The van der Waals surface area contributed by atoms with E-state index in [2.05, 4.69) is 72.6 Å². The van der Waals surface area contributed by atoms with Gasteiger partial charge in [-0.15, -0.1) is 0 Å². The molecule has 0 saturated heterocycles. The Morgan fingerprint density at radius 3 is 1.85 bits per heavy atom. The standard InChI is InChI=1S/C31H44N2/c1-3-5-7-8-9-11-27-16-20-30(21-17-27)31-22-18-29(19-23-31)25-33-32-24-28-14-12-26(13-15-28)10-6-4-2/h12-15,18-19,22-25,27,30H,3-11,16-17,20-21H2,1-2H3/b32-24+,33-25+. The Labute approximate surface area is 202 Å². The first kappa shape index (κ1) is 25.4. The molecule has 0 spiro atoms. The summed E-state index contributed by atoms with van der Waals surface area (Å²) in [5.41, 5.74) is 5.11. The van der Waals surface area contributed by atoms with Crippen molar-refractivity contribution >= 4 is 12.4 Å². The average Bonchev–Trinajstić information content (AvgIpc) is 2.87. The molecule has 1 aliphatic rings. The normalized spacial score (nSPS) is 19.0. The maximum absolute atomic E-state index is 4.25. The highest BCUT2D eigenvalue weighted by Crippen LogP contribution is 2.37. The summed E-state index contributed by atoms with van der Waals surface area (Å²) < 4.78 is 0. The van der Waals surface area contributed by atoms with Crippen molar-refractivity contribution in [2.75, 3.05) is 0 Å². The molecule has 0 amide bonds. The van der Waals surface area contributed by atoms with Gasteiger partial charge in [0.15, 0.2) is 0 Å². The van der Waals surface area contributed by atoms with Crippen LogP contribution in [-0.2, 0) is 6.42 Å². The Morgan fingerprint density at radius 2 is 1.24 bits per heavy atom. The zero-order chi connectivity index (χ0) is 23.1. The molecule has 2 aromatic carbocycles. The van der Waals surface area contributed by atoms with Gasteiger partial charge in [0.25, 0.3) is 0 Å². The van der Waals surface area contributed by atoms with E-state index in [-0.39, 0.29) is 0 Å². The summed E-state index contributed by atoms with van der Waals surface area (Å²) in [6.45, 7) is 4.53. The lowest BCUT2D eigenvalue weighted by molar-refractivity contribution is 0.302. The van der Waals surface area contributed by atoms with E-state index < -0.39 is 0 Å². The number of hydrogen-bond acceptors (Lipinski definition) is 2. The summed E-state index contributed by atoms with van der Waals surface area (Å²) in [5, 5.41) is 8.49. The molecule has 2 aromatic rings. The second-order valence-corrected chi connectivity index (χ2v) is 9.92. The first-order valence-electron chi connectivity index (χ1n) is 13.5. The van der Waals surface area contributed by atoms with Crippen LogP contribution in [0.2, 0.25) is 0 Å². The smallest absolute Gasteiger partial charge is 0.0568 e. The first-order chi connectivity index (χ1) is 16.3. The molecule has 2 heteroatoms. The summed E-state index contributed by atoms with van der Waals surface area (Å²) in [6.07, 6.45) is 21.4. The van der Waals surface area contributed by atoms with Crippen LogP contribution in [0.3, 0.4) is 0 Å². The average molecular weight is 445 g/mol. The predicted octanol–water partition coefficient (Wildman–Crippen LogP) is 9.12. The molecule has 0 aromatic heterocycles. The van der Waals surface area contributed by atoms with Crippen molar-refractivity contribution in [3.05, 3.63) is 70.8 Å². The van der Waals surface area contributed by atoms with E-state index in [0.717, 1.165) is 29.4 Å². The van der Waals surface area contributed by atoms with Crippen LogP contribution in [0.4, 0.5) is 0 Å². The molecule has 2 nitrogen and oxygen atoms in total. The minimum atomic E-state index is 0.741. The van der Waals surface area contributed by atoms with Gasteiger partial charge in [-0.25, -0.2) is 0 Å². The van der Waals surface area contributed by atoms with E-state index in [1.165, 1.54) is 88.2 Å². The highest BCUT2D eigenvalue weighted by Gasteiger charge is 2.21. The topological polar surface area (TPSA) is 24.7 Å². The van der Waals surface area contributed by atoms with Gasteiger partial charge in [-0.3, -0.25) is 0 Å². The van der Waals surface area contributed by atoms with E-state index in [9.17, 15) is 0 Å². The van der Waals surface area contributed by atoms with Crippen molar-refractivity contribution < 1.29 is 0 Å². The van der Waals surface area contributed by atoms with Gasteiger partial charge in [0, 0.05) is 0 Å². The third-order valence-corrected chi connectivity index (χ3v) is 7.25. The maximum Gasteiger partial charge on any atom is 0.0568 e. The zero-order valence-electron chi connectivity index (χ0n) is 21.0. The van der Waals surface area contributed by atoms with Gasteiger partial charge >= 0.3 is 0 Å². The number of aryl methyl sites for hydroxylation is 1. The molecule has 0 atom stereocenters. The van der Waals surface area contributed by atoms with Crippen molar-refractivity contribution in [2.45, 2.75) is 103 Å². The highest BCUT2D eigenvalue weighted by atomic mass is 15.2. The minimum Gasteiger partial charge on any atom is -0.159 e. The third kappa shape index (κ3) is 9.27. The summed E-state index contributed by atoms with van der Waals surface area (Å²) >= 11 is 0. The van der Waals surface area contributed by atoms with Crippen molar-refractivity contribution in [3.63, 3.8) is 0 Å². The molecule has 0 radical (unpaired) electrons. The Bertz CT molecular complexity index is 824. The predicted molar refractivity (Wildman–Crippen MR) is 145 cm³/mol. The van der Waals surface area contributed by atoms with Crippen molar-refractivity contribution in [1.82, 2.24) is 0 Å². The molecule has 3 rings (SSSR count). The SMILES string of the molecule is CCCCCCCC1CCC(c2ccc(/C=N/N=C/c3ccc(CCCC)cc3)cc2)CC1. The molecule has 0 N–H and O–H groups in total. The van der Waals surface area contributed by atoms with Crippen LogP contribution in [0, 0.1) is 5.92 Å². The van der Waals surface area contributed by atoms with Crippen molar-refractivity contribution in [1.29, 1.82) is 0 Å². The van der Waals surface area contributed by atoms with Crippen LogP contribution in [0.15, 0.2) is 58.7 Å². The molecule has 33 heavy (non-hydrogen) atoms. The van der Waals surface area contributed by atoms with E-state index >= 15 is 0 Å². The second-order valence-electron chi connectivity index (χ2n) is 9.92. The fraction of sp³-hybridized carbons (Fsp3) is 0.548. The minimum absolute atomic E-state index is 0.741. The van der Waals surface area contributed by atoms with Gasteiger partial charge in [-0.05, 0) is 72.6 Å². The van der Waals surface area contributed by atoms with Crippen LogP contribution in [0.5, 0.6) is 0 Å². The molecule has 1 saturated carbocycles. The van der Waals surface area contributed by atoms with Crippen LogP contribution >= 0.6 is 0 Å². The Balaban J connectivity index is 1.39. The summed E-state index contributed by atoms with van der Waals surface area (Å²) in [6, 6.07) is 17.6. The molecule has 0 heterocycles. The van der Waals surface area contributed by atoms with E-state index in [4.69, 9.17) is 0 Å². The number of nitrogens with zero attached hydrogens (tertiary/aromatic N) is 2. The monoisotopic (exact) mass is 444 g/mol. The molecular formula is C31H44N2. The molecular weight excluding hydrogens is 400 g/mol. The number of rotatable bonds is 13. The second kappa shape index (κ2) is 14.8. The Morgan fingerprint density at radius 1 is 0.667 bits per heavy atom. The largest absolute Gasteiger partial charge is 0.159 e. The zero-order valence-corrected chi connectivity index (χ0v) is 21.0. The summed E-state index contributed by atoms with van der Waals surface area (Å²) in [7, 11) is 0. The molecule has 0 aliphatic heterocycles. The number of unbranched alkanes of at least 4 members (excludes halogenated alkanes) is 5. The molecule has 1 aliphatic carbocycles. The van der Waals surface area contributed by atoms with Gasteiger partial charge in [-0.1, -0.05) is 107 Å². The van der Waals surface area contributed by atoms with Gasteiger partial charge in [-0.2, -0.15) is 10.2 Å². The fourth-order valence-corrected chi connectivity index (χ4v) is 5.03. The molecule has 0 unspecified atom stereocenters.